The maximum absolute atomic E-state index is 12.3. The molecule has 0 aliphatic rings. The third kappa shape index (κ3) is 2.56. The molecule has 0 fully saturated rings. The van der Waals surface area contributed by atoms with E-state index in [1.54, 1.807) is 12.1 Å². The number of nitrogens with zero attached hydrogens (tertiary/aromatic N) is 2. The van der Waals surface area contributed by atoms with Gasteiger partial charge in [0.05, 0.1) is 38.0 Å². The summed E-state index contributed by atoms with van der Waals surface area (Å²) in [6.45, 7) is 3.79. The quantitative estimate of drug-likeness (QED) is 0.861. The maximum atomic E-state index is 12.3. The van der Waals surface area contributed by atoms with E-state index in [0.29, 0.717) is 27.4 Å². The zero-order chi connectivity index (χ0) is 14.0. The van der Waals surface area contributed by atoms with E-state index in [4.69, 9.17) is 21.1 Å². The lowest BCUT2D eigenvalue weighted by atomic mass is 10.2. The molecular weight excluding hydrogens is 268 g/mol. The van der Waals surface area contributed by atoms with Crippen molar-refractivity contribution in [2.75, 3.05) is 14.2 Å². The van der Waals surface area contributed by atoms with Gasteiger partial charge in [-0.2, -0.15) is 0 Å². The predicted octanol–water partition coefficient (Wildman–Crippen LogP) is 2.17. The SMILES string of the molecule is C=C(Cl)Cn1cnc2cc(OC)c(OC)cc2c1=O. The zero-order valence-electron chi connectivity index (χ0n) is 10.6. The Balaban J connectivity index is 2.68. The molecule has 1 heterocycles. The molecule has 6 heteroatoms. The van der Waals surface area contributed by atoms with Crippen LogP contribution in [0.4, 0.5) is 0 Å². The van der Waals surface area contributed by atoms with Gasteiger partial charge < -0.3 is 9.47 Å². The standard InChI is InChI=1S/C13H13ClN2O3/c1-8(14)6-16-7-15-10-5-12(19-3)11(18-2)4-9(10)13(16)17/h4-5,7H,1,6H2,2-3H3. The van der Waals surface area contributed by atoms with Gasteiger partial charge in [0.1, 0.15) is 0 Å². The fraction of sp³-hybridized carbons (Fsp3) is 0.231. The Bertz CT molecular complexity index is 694. The van der Waals surface area contributed by atoms with Gasteiger partial charge >= 0.3 is 0 Å². The molecule has 0 atom stereocenters. The van der Waals surface area contributed by atoms with E-state index >= 15 is 0 Å². The molecule has 5 nitrogen and oxygen atoms in total. The number of hydrogen-bond acceptors (Lipinski definition) is 4. The minimum atomic E-state index is -0.201. The van der Waals surface area contributed by atoms with Crippen LogP contribution in [0.2, 0.25) is 0 Å². The Morgan fingerprint density at radius 2 is 2.00 bits per heavy atom. The minimum Gasteiger partial charge on any atom is -0.493 e. The lowest BCUT2D eigenvalue weighted by Gasteiger charge is -2.10. The second-order valence-electron chi connectivity index (χ2n) is 3.92. The molecule has 1 aromatic heterocycles. The van der Waals surface area contributed by atoms with Crippen molar-refractivity contribution >= 4 is 22.5 Å². The first-order chi connectivity index (χ1) is 9.06. The first kappa shape index (κ1) is 13.4. The van der Waals surface area contributed by atoms with Crippen LogP contribution in [0, 0.1) is 0 Å². The average molecular weight is 281 g/mol. The van der Waals surface area contributed by atoms with E-state index in [1.807, 2.05) is 0 Å². The molecule has 0 spiro atoms. The molecule has 100 valence electrons. The smallest absolute Gasteiger partial charge is 0.261 e. The first-order valence-electron chi connectivity index (χ1n) is 5.51. The highest BCUT2D eigenvalue weighted by atomic mass is 35.5. The summed E-state index contributed by atoms with van der Waals surface area (Å²) in [4.78, 5) is 16.5. The summed E-state index contributed by atoms with van der Waals surface area (Å²) in [5.74, 6) is 1.01. The Hall–Kier alpha value is -2.01. The predicted molar refractivity (Wildman–Crippen MR) is 74.1 cm³/mol. The molecule has 0 amide bonds. The number of rotatable bonds is 4. The van der Waals surface area contributed by atoms with Gasteiger partial charge in [-0.15, -0.1) is 0 Å². The fourth-order valence-electron chi connectivity index (χ4n) is 1.78. The molecule has 2 rings (SSSR count). The van der Waals surface area contributed by atoms with E-state index in [1.165, 1.54) is 25.1 Å². The number of ether oxygens (including phenoxy) is 2. The van der Waals surface area contributed by atoms with Crippen molar-refractivity contribution in [1.82, 2.24) is 9.55 Å². The summed E-state index contributed by atoms with van der Waals surface area (Å²) in [7, 11) is 3.04. The van der Waals surface area contributed by atoms with Crippen LogP contribution in [0.25, 0.3) is 10.9 Å². The molecule has 1 aromatic carbocycles. The van der Waals surface area contributed by atoms with Crippen LogP contribution in [-0.4, -0.2) is 23.8 Å². The number of allylic oxidation sites excluding steroid dienone is 1. The van der Waals surface area contributed by atoms with Gasteiger partial charge in [0.2, 0.25) is 0 Å². The van der Waals surface area contributed by atoms with Crippen molar-refractivity contribution < 1.29 is 9.47 Å². The number of hydrogen-bond donors (Lipinski definition) is 0. The number of aromatic nitrogens is 2. The van der Waals surface area contributed by atoms with Gasteiger partial charge in [0.25, 0.3) is 5.56 Å². The van der Waals surface area contributed by atoms with E-state index < -0.39 is 0 Å². The van der Waals surface area contributed by atoms with E-state index in [0.717, 1.165) is 0 Å². The largest absolute Gasteiger partial charge is 0.493 e. The monoisotopic (exact) mass is 280 g/mol. The lowest BCUT2D eigenvalue weighted by molar-refractivity contribution is 0.355. The molecular formula is C13H13ClN2O3. The van der Waals surface area contributed by atoms with Gasteiger partial charge in [-0.05, 0) is 6.07 Å². The average Bonchev–Trinajstić information content (AvgIpc) is 2.40. The molecule has 0 bridgehead atoms. The highest BCUT2D eigenvalue weighted by molar-refractivity contribution is 6.29. The Kier molecular flexibility index (Phi) is 3.76. The van der Waals surface area contributed by atoms with Crippen LogP contribution >= 0.6 is 11.6 Å². The Morgan fingerprint density at radius 1 is 1.37 bits per heavy atom. The number of halogens is 1. The van der Waals surface area contributed by atoms with Crippen molar-refractivity contribution in [2.45, 2.75) is 6.54 Å². The van der Waals surface area contributed by atoms with Gasteiger partial charge in [-0.1, -0.05) is 18.2 Å². The number of methoxy groups -OCH3 is 2. The topological polar surface area (TPSA) is 53.4 Å². The molecule has 0 saturated carbocycles. The van der Waals surface area contributed by atoms with Crippen LogP contribution in [0.5, 0.6) is 11.5 Å². The summed E-state index contributed by atoms with van der Waals surface area (Å²) in [6, 6.07) is 3.27. The molecule has 0 aliphatic carbocycles. The van der Waals surface area contributed by atoms with Crippen LogP contribution in [-0.2, 0) is 6.54 Å². The van der Waals surface area contributed by atoms with E-state index in [2.05, 4.69) is 11.6 Å². The molecule has 0 radical (unpaired) electrons. The van der Waals surface area contributed by atoms with Crippen LogP contribution < -0.4 is 15.0 Å². The summed E-state index contributed by atoms with van der Waals surface area (Å²) in [6.07, 6.45) is 1.43. The number of fused-ring (bicyclic) bond motifs is 1. The second kappa shape index (κ2) is 5.32. The Morgan fingerprint density at radius 3 is 2.58 bits per heavy atom. The van der Waals surface area contributed by atoms with E-state index in [9.17, 15) is 4.79 Å². The summed E-state index contributed by atoms with van der Waals surface area (Å²) >= 11 is 5.72. The molecule has 2 aromatic rings. The van der Waals surface area contributed by atoms with E-state index in [-0.39, 0.29) is 12.1 Å². The molecule has 0 N–H and O–H groups in total. The van der Waals surface area contributed by atoms with Crippen LogP contribution in [0.3, 0.4) is 0 Å². The highest BCUT2D eigenvalue weighted by Gasteiger charge is 2.11. The van der Waals surface area contributed by atoms with Crippen LogP contribution in [0.1, 0.15) is 0 Å². The third-order valence-corrected chi connectivity index (χ3v) is 2.79. The maximum Gasteiger partial charge on any atom is 0.261 e. The first-order valence-corrected chi connectivity index (χ1v) is 5.89. The highest BCUT2D eigenvalue weighted by Crippen LogP contribution is 2.29. The summed E-state index contributed by atoms with van der Waals surface area (Å²) in [5.41, 5.74) is 0.340. The minimum absolute atomic E-state index is 0.201. The van der Waals surface area contributed by atoms with Crippen molar-refractivity contribution in [3.05, 3.63) is 40.4 Å². The summed E-state index contributed by atoms with van der Waals surface area (Å²) in [5, 5.41) is 0.807. The Labute approximate surface area is 115 Å². The van der Waals surface area contributed by atoms with Gasteiger partial charge in [-0.25, -0.2) is 4.98 Å². The van der Waals surface area contributed by atoms with Gasteiger partial charge in [0.15, 0.2) is 11.5 Å². The van der Waals surface area contributed by atoms with Crippen molar-refractivity contribution in [3.8, 4) is 11.5 Å². The number of benzene rings is 1. The van der Waals surface area contributed by atoms with Crippen LogP contribution in [0.15, 0.2) is 34.9 Å². The molecule has 0 saturated heterocycles. The normalized spacial score (nSPS) is 10.5. The molecule has 0 aliphatic heterocycles. The molecule has 19 heavy (non-hydrogen) atoms. The van der Waals surface area contributed by atoms with Gasteiger partial charge in [0, 0.05) is 11.1 Å². The van der Waals surface area contributed by atoms with Crippen molar-refractivity contribution in [2.24, 2.45) is 0 Å². The third-order valence-electron chi connectivity index (χ3n) is 2.67. The summed E-state index contributed by atoms with van der Waals surface area (Å²) < 4.78 is 11.7. The lowest BCUT2D eigenvalue weighted by Crippen LogP contribution is -2.20. The van der Waals surface area contributed by atoms with Crippen molar-refractivity contribution in [3.63, 3.8) is 0 Å². The second-order valence-corrected chi connectivity index (χ2v) is 4.45. The fourth-order valence-corrected chi connectivity index (χ4v) is 1.91. The zero-order valence-corrected chi connectivity index (χ0v) is 11.4. The van der Waals surface area contributed by atoms with Crippen molar-refractivity contribution in [1.29, 1.82) is 0 Å². The van der Waals surface area contributed by atoms with Gasteiger partial charge in [-0.3, -0.25) is 9.36 Å². The molecule has 0 unspecified atom stereocenters.